The van der Waals surface area contributed by atoms with E-state index in [0.717, 1.165) is 17.2 Å². The van der Waals surface area contributed by atoms with Crippen LogP contribution < -0.4 is 0 Å². The Morgan fingerprint density at radius 1 is 1.50 bits per heavy atom. The monoisotopic (exact) mass is 297 g/mol. The number of carbonyl (C=O) groups excluding carboxylic acids is 1. The normalized spacial score (nSPS) is 15.4. The van der Waals surface area contributed by atoms with Gasteiger partial charge in [-0.3, -0.25) is 9.69 Å². The number of aliphatic hydroxyl groups is 1. The SMILES string of the molecule is CN(C)C(=O)Cc1nc(CN(CCO)C2CCC2)cs1. The number of carbonyl (C=O) groups is 1. The highest BCUT2D eigenvalue weighted by molar-refractivity contribution is 7.09. The largest absolute Gasteiger partial charge is 0.395 e. The third-order valence-corrected chi connectivity index (χ3v) is 4.64. The molecule has 0 spiro atoms. The quantitative estimate of drug-likeness (QED) is 0.819. The fraction of sp³-hybridized carbons (Fsp3) is 0.714. The number of aromatic nitrogens is 1. The second-order valence-corrected chi connectivity index (χ2v) is 6.42. The van der Waals surface area contributed by atoms with Gasteiger partial charge in [-0.25, -0.2) is 4.98 Å². The summed E-state index contributed by atoms with van der Waals surface area (Å²) in [6.45, 7) is 1.67. The van der Waals surface area contributed by atoms with Crippen molar-refractivity contribution >= 4 is 17.2 Å². The van der Waals surface area contributed by atoms with Crippen LogP contribution in [0, 0.1) is 0 Å². The highest BCUT2D eigenvalue weighted by Gasteiger charge is 2.25. The fourth-order valence-electron chi connectivity index (χ4n) is 2.27. The molecule has 1 aromatic rings. The number of rotatable bonds is 7. The molecule has 1 aliphatic rings. The molecule has 0 atom stereocenters. The van der Waals surface area contributed by atoms with Crippen LogP contribution in [-0.4, -0.2) is 59.1 Å². The van der Waals surface area contributed by atoms with Crippen molar-refractivity contribution in [3.05, 3.63) is 16.1 Å². The molecular formula is C14H23N3O2S. The van der Waals surface area contributed by atoms with E-state index in [9.17, 15) is 4.79 Å². The van der Waals surface area contributed by atoms with Gasteiger partial charge in [0.15, 0.2) is 0 Å². The van der Waals surface area contributed by atoms with Crippen molar-refractivity contribution < 1.29 is 9.90 Å². The Morgan fingerprint density at radius 2 is 2.25 bits per heavy atom. The first kappa shape index (κ1) is 15.4. The molecule has 1 aliphatic carbocycles. The van der Waals surface area contributed by atoms with E-state index in [1.54, 1.807) is 30.3 Å². The van der Waals surface area contributed by atoms with Crippen LogP contribution in [0.5, 0.6) is 0 Å². The van der Waals surface area contributed by atoms with Gasteiger partial charge in [0.25, 0.3) is 0 Å². The lowest BCUT2D eigenvalue weighted by Gasteiger charge is -2.36. The van der Waals surface area contributed by atoms with Gasteiger partial charge < -0.3 is 10.0 Å². The van der Waals surface area contributed by atoms with Gasteiger partial charge in [-0.1, -0.05) is 6.42 Å². The molecule has 112 valence electrons. The van der Waals surface area contributed by atoms with Crippen LogP contribution >= 0.6 is 11.3 Å². The van der Waals surface area contributed by atoms with Crippen molar-refractivity contribution in [1.29, 1.82) is 0 Å². The maximum absolute atomic E-state index is 11.7. The van der Waals surface area contributed by atoms with Gasteiger partial charge in [-0.2, -0.15) is 0 Å². The fourth-order valence-corrected chi connectivity index (χ4v) is 3.05. The van der Waals surface area contributed by atoms with Gasteiger partial charge >= 0.3 is 0 Å². The minimum atomic E-state index is 0.0807. The molecule has 0 unspecified atom stereocenters. The zero-order valence-corrected chi connectivity index (χ0v) is 13.0. The summed E-state index contributed by atoms with van der Waals surface area (Å²) in [7, 11) is 3.52. The van der Waals surface area contributed by atoms with E-state index in [-0.39, 0.29) is 12.5 Å². The third-order valence-electron chi connectivity index (χ3n) is 3.74. The Labute approximate surface area is 124 Å². The summed E-state index contributed by atoms with van der Waals surface area (Å²) in [4.78, 5) is 20.1. The number of likely N-dealkylation sites (N-methyl/N-ethyl adjacent to an activating group) is 1. The zero-order valence-electron chi connectivity index (χ0n) is 12.2. The van der Waals surface area contributed by atoms with Crippen LogP contribution in [0.25, 0.3) is 0 Å². The number of aliphatic hydroxyl groups excluding tert-OH is 1. The van der Waals surface area contributed by atoms with Crippen LogP contribution in [-0.2, 0) is 17.8 Å². The average Bonchev–Trinajstić information content (AvgIpc) is 2.74. The maximum atomic E-state index is 11.7. The van der Waals surface area contributed by atoms with Gasteiger partial charge in [0.1, 0.15) is 5.01 Å². The maximum Gasteiger partial charge on any atom is 0.228 e. The third kappa shape index (κ3) is 4.01. The van der Waals surface area contributed by atoms with Crippen molar-refractivity contribution in [1.82, 2.24) is 14.8 Å². The predicted molar refractivity (Wildman–Crippen MR) is 79.6 cm³/mol. The summed E-state index contributed by atoms with van der Waals surface area (Å²) in [5.41, 5.74) is 1.01. The second-order valence-electron chi connectivity index (χ2n) is 5.48. The molecule has 0 saturated heterocycles. The summed E-state index contributed by atoms with van der Waals surface area (Å²) in [6, 6.07) is 0.593. The van der Waals surface area contributed by atoms with Crippen molar-refractivity contribution in [2.24, 2.45) is 0 Å². The molecule has 1 amide bonds. The van der Waals surface area contributed by atoms with Crippen LogP contribution in [0.4, 0.5) is 0 Å². The molecule has 1 saturated carbocycles. The topological polar surface area (TPSA) is 56.7 Å². The molecular weight excluding hydrogens is 274 g/mol. The number of hydrogen-bond donors (Lipinski definition) is 1. The van der Waals surface area contributed by atoms with E-state index in [0.29, 0.717) is 19.0 Å². The molecule has 0 radical (unpaired) electrons. The first-order chi connectivity index (χ1) is 9.60. The zero-order chi connectivity index (χ0) is 14.5. The summed E-state index contributed by atoms with van der Waals surface area (Å²) in [5.74, 6) is 0.0807. The van der Waals surface area contributed by atoms with Gasteiger partial charge in [0.05, 0.1) is 18.7 Å². The van der Waals surface area contributed by atoms with E-state index in [4.69, 9.17) is 5.11 Å². The number of hydrogen-bond acceptors (Lipinski definition) is 5. The molecule has 1 heterocycles. The minimum Gasteiger partial charge on any atom is -0.395 e. The van der Waals surface area contributed by atoms with Crippen LogP contribution in [0.15, 0.2) is 5.38 Å². The van der Waals surface area contributed by atoms with E-state index >= 15 is 0 Å². The average molecular weight is 297 g/mol. The highest BCUT2D eigenvalue weighted by atomic mass is 32.1. The Balaban J connectivity index is 1.91. The van der Waals surface area contributed by atoms with Crippen molar-refractivity contribution in [2.45, 2.75) is 38.3 Å². The van der Waals surface area contributed by atoms with E-state index in [2.05, 4.69) is 9.88 Å². The van der Waals surface area contributed by atoms with E-state index in [1.807, 2.05) is 5.38 Å². The van der Waals surface area contributed by atoms with Crippen LogP contribution in [0.3, 0.4) is 0 Å². The molecule has 0 aliphatic heterocycles. The van der Waals surface area contributed by atoms with Gasteiger partial charge in [0, 0.05) is 38.6 Å². The summed E-state index contributed by atoms with van der Waals surface area (Å²) in [5, 5.41) is 12.1. The van der Waals surface area contributed by atoms with E-state index in [1.165, 1.54) is 19.3 Å². The summed E-state index contributed by atoms with van der Waals surface area (Å²) >= 11 is 1.54. The number of nitrogens with zero attached hydrogens (tertiary/aromatic N) is 3. The predicted octanol–water partition coefficient (Wildman–Crippen LogP) is 1.12. The molecule has 5 nitrogen and oxygen atoms in total. The first-order valence-corrected chi connectivity index (χ1v) is 7.96. The van der Waals surface area contributed by atoms with Gasteiger partial charge in [0.2, 0.25) is 5.91 Å². The first-order valence-electron chi connectivity index (χ1n) is 7.08. The molecule has 6 heteroatoms. The molecule has 0 bridgehead atoms. The van der Waals surface area contributed by atoms with Crippen molar-refractivity contribution in [2.75, 3.05) is 27.2 Å². The summed E-state index contributed by atoms with van der Waals surface area (Å²) < 4.78 is 0. The summed E-state index contributed by atoms with van der Waals surface area (Å²) in [6.07, 6.45) is 4.10. The Hall–Kier alpha value is -0.980. The Kier molecular flexibility index (Phi) is 5.51. The molecule has 1 N–H and O–H groups in total. The van der Waals surface area contributed by atoms with Crippen molar-refractivity contribution in [3.8, 4) is 0 Å². The van der Waals surface area contributed by atoms with Crippen LogP contribution in [0.1, 0.15) is 30.0 Å². The molecule has 20 heavy (non-hydrogen) atoms. The number of amides is 1. The van der Waals surface area contributed by atoms with Crippen molar-refractivity contribution in [3.63, 3.8) is 0 Å². The Bertz CT molecular complexity index is 443. The van der Waals surface area contributed by atoms with E-state index < -0.39 is 0 Å². The second kappa shape index (κ2) is 7.15. The van der Waals surface area contributed by atoms with Crippen LogP contribution in [0.2, 0.25) is 0 Å². The molecule has 1 aromatic heterocycles. The lowest BCUT2D eigenvalue weighted by molar-refractivity contribution is -0.127. The number of thiazole rings is 1. The standard InChI is InChI=1S/C14H23N3O2S/c1-16(2)14(19)8-13-15-11(10-20-13)9-17(6-7-18)12-4-3-5-12/h10,12,18H,3-9H2,1-2H3. The minimum absolute atomic E-state index is 0.0807. The molecule has 1 fully saturated rings. The smallest absolute Gasteiger partial charge is 0.228 e. The lowest BCUT2D eigenvalue weighted by Crippen LogP contribution is -2.41. The molecule has 0 aromatic carbocycles. The van der Waals surface area contributed by atoms with Gasteiger partial charge in [-0.15, -0.1) is 11.3 Å². The van der Waals surface area contributed by atoms with Gasteiger partial charge in [-0.05, 0) is 12.8 Å². The highest BCUT2D eigenvalue weighted by Crippen LogP contribution is 2.26. The molecule has 2 rings (SSSR count). The lowest BCUT2D eigenvalue weighted by atomic mass is 9.91. The Morgan fingerprint density at radius 3 is 2.80 bits per heavy atom.